The number of benzene rings is 1. The molecule has 2 atom stereocenters. The van der Waals surface area contributed by atoms with Crippen LogP contribution in [0.3, 0.4) is 0 Å². The molecule has 2 aliphatic heterocycles. The van der Waals surface area contributed by atoms with E-state index in [2.05, 4.69) is 5.32 Å². The second kappa shape index (κ2) is 17.4. The fourth-order valence-corrected chi connectivity index (χ4v) is 6.40. The van der Waals surface area contributed by atoms with Crippen molar-refractivity contribution in [3.05, 3.63) is 23.8 Å². The number of hydrogen-bond acceptors (Lipinski definition) is 8. The molecule has 2 heterocycles. The standard InChI is InChI=1S/C36H58N4O8/c1-25(2)39(33(41)27-9-12-31(45-7)32(19-27)47-16-8-15-44-6)23-28-21-38(35(43)48-36(3,4)5)22-29(28)24-40(30-10-11-30)34(42)37-20-26-13-17-46-18-14-26/h9,12,19,25-26,28-30H,8,10-11,13-18,20-24H2,1-7H3,(H,37,42)/t28-,29-/m0/s1. The summed E-state index contributed by atoms with van der Waals surface area (Å²) in [6.07, 6.45) is 4.19. The molecule has 0 spiro atoms. The maximum absolute atomic E-state index is 14.1. The van der Waals surface area contributed by atoms with Gasteiger partial charge in [-0.25, -0.2) is 9.59 Å². The van der Waals surface area contributed by atoms with Crippen LogP contribution in [0, 0.1) is 17.8 Å². The summed E-state index contributed by atoms with van der Waals surface area (Å²) in [7, 11) is 3.22. The van der Waals surface area contributed by atoms with E-state index in [9.17, 15) is 14.4 Å². The van der Waals surface area contributed by atoms with Crippen LogP contribution in [0.2, 0.25) is 0 Å². The molecule has 3 aliphatic rings. The summed E-state index contributed by atoms with van der Waals surface area (Å²) in [5, 5.41) is 3.20. The monoisotopic (exact) mass is 674 g/mol. The van der Waals surface area contributed by atoms with Crippen molar-refractivity contribution in [2.45, 2.75) is 84.4 Å². The van der Waals surface area contributed by atoms with Crippen molar-refractivity contribution in [2.75, 3.05) is 73.4 Å². The molecule has 270 valence electrons. The minimum atomic E-state index is -0.633. The minimum Gasteiger partial charge on any atom is -0.493 e. The van der Waals surface area contributed by atoms with E-state index < -0.39 is 5.60 Å². The Hall–Kier alpha value is -3.25. The Morgan fingerprint density at radius 3 is 2.27 bits per heavy atom. The number of ether oxygens (including phenoxy) is 5. The summed E-state index contributed by atoms with van der Waals surface area (Å²) in [5.41, 5.74) is -0.135. The first-order chi connectivity index (χ1) is 22.9. The van der Waals surface area contributed by atoms with Crippen LogP contribution in [0.25, 0.3) is 0 Å². The molecule has 48 heavy (non-hydrogen) atoms. The summed E-state index contributed by atoms with van der Waals surface area (Å²) < 4.78 is 27.8. The summed E-state index contributed by atoms with van der Waals surface area (Å²) >= 11 is 0. The summed E-state index contributed by atoms with van der Waals surface area (Å²) in [5.74, 6) is 1.26. The fourth-order valence-electron chi connectivity index (χ4n) is 6.40. The second-order valence-electron chi connectivity index (χ2n) is 14.6. The molecule has 1 saturated carbocycles. The van der Waals surface area contributed by atoms with Crippen LogP contribution in [0.5, 0.6) is 11.5 Å². The average Bonchev–Trinajstić information content (AvgIpc) is 3.82. The van der Waals surface area contributed by atoms with Gasteiger partial charge in [0.05, 0.1) is 13.7 Å². The van der Waals surface area contributed by atoms with E-state index in [0.717, 1.165) is 38.9 Å². The first-order valence-electron chi connectivity index (χ1n) is 17.6. The second-order valence-corrected chi connectivity index (χ2v) is 14.6. The van der Waals surface area contributed by atoms with Gasteiger partial charge in [-0.05, 0) is 84.4 Å². The number of amides is 4. The van der Waals surface area contributed by atoms with E-state index in [0.29, 0.717) is 75.3 Å². The molecule has 1 aliphatic carbocycles. The predicted octanol–water partition coefficient (Wildman–Crippen LogP) is 5.04. The van der Waals surface area contributed by atoms with E-state index in [1.165, 1.54) is 0 Å². The van der Waals surface area contributed by atoms with E-state index in [1.807, 2.05) is 44.4 Å². The zero-order valence-corrected chi connectivity index (χ0v) is 30.1. The third-order valence-corrected chi connectivity index (χ3v) is 9.27. The van der Waals surface area contributed by atoms with Gasteiger partial charge < -0.3 is 43.7 Å². The van der Waals surface area contributed by atoms with E-state index in [-0.39, 0.29) is 42.0 Å². The molecule has 0 unspecified atom stereocenters. The number of carbonyl (C=O) groups excluding carboxylic acids is 3. The maximum atomic E-state index is 14.1. The molecule has 1 aromatic rings. The number of methoxy groups -OCH3 is 2. The van der Waals surface area contributed by atoms with Crippen LogP contribution in [-0.2, 0) is 14.2 Å². The molecule has 12 heteroatoms. The number of likely N-dealkylation sites (tertiary alicyclic amines) is 1. The van der Waals surface area contributed by atoms with Crippen molar-refractivity contribution in [2.24, 2.45) is 17.8 Å². The molecule has 0 aromatic heterocycles. The first kappa shape index (κ1) is 37.6. The Bertz CT molecular complexity index is 1210. The number of nitrogens with zero attached hydrogens (tertiary/aromatic N) is 3. The lowest BCUT2D eigenvalue weighted by Gasteiger charge is -2.33. The lowest BCUT2D eigenvalue weighted by Crippen LogP contribution is -2.48. The van der Waals surface area contributed by atoms with Gasteiger partial charge in [-0.2, -0.15) is 0 Å². The molecular weight excluding hydrogens is 616 g/mol. The van der Waals surface area contributed by atoms with E-state index >= 15 is 0 Å². The van der Waals surface area contributed by atoms with Gasteiger partial charge in [-0.1, -0.05) is 0 Å². The summed E-state index contributed by atoms with van der Waals surface area (Å²) in [6, 6.07) is 5.29. The van der Waals surface area contributed by atoms with Crippen LogP contribution in [-0.4, -0.2) is 124 Å². The predicted molar refractivity (Wildman–Crippen MR) is 183 cm³/mol. The Balaban J connectivity index is 1.51. The van der Waals surface area contributed by atoms with Gasteiger partial charge in [0, 0.05) is 95.6 Å². The molecular formula is C36H58N4O8. The molecule has 12 nitrogen and oxygen atoms in total. The average molecular weight is 675 g/mol. The molecule has 2 saturated heterocycles. The van der Waals surface area contributed by atoms with Crippen molar-refractivity contribution in [3.63, 3.8) is 0 Å². The van der Waals surface area contributed by atoms with Gasteiger partial charge in [-0.3, -0.25) is 4.79 Å². The quantitative estimate of drug-likeness (QED) is 0.257. The SMILES string of the molecule is COCCCOc1cc(C(=O)N(C[C@@H]2CN(C(=O)OC(C)(C)C)C[C@H]2CN(C(=O)NCC2CCOCC2)C2CC2)C(C)C)ccc1OC. The lowest BCUT2D eigenvalue weighted by molar-refractivity contribution is 0.0281. The fraction of sp³-hybridized carbons (Fsp3) is 0.750. The normalized spacial score (nSPS) is 20.0. The van der Waals surface area contributed by atoms with Crippen molar-refractivity contribution < 1.29 is 38.1 Å². The maximum Gasteiger partial charge on any atom is 0.410 e. The van der Waals surface area contributed by atoms with Crippen molar-refractivity contribution >= 4 is 18.0 Å². The largest absolute Gasteiger partial charge is 0.493 e. The molecule has 3 fully saturated rings. The summed E-state index contributed by atoms with van der Waals surface area (Å²) in [6.45, 7) is 14.5. The van der Waals surface area contributed by atoms with Gasteiger partial charge in [0.25, 0.3) is 5.91 Å². The van der Waals surface area contributed by atoms with Crippen molar-refractivity contribution in [3.8, 4) is 11.5 Å². The van der Waals surface area contributed by atoms with Gasteiger partial charge in [0.15, 0.2) is 11.5 Å². The Kier molecular flexibility index (Phi) is 13.6. The zero-order valence-electron chi connectivity index (χ0n) is 30.1. The number of nitrogens with one attached hydrogen (secondary N) is 1. The van der Waals surface area contributed by atoms with E-state index in [1.54, 1.807) is 37.3 Å². The van der Waals surface area contributed by atoms with E-state index in [4.69, 9.17) is 23.7 Å². The highest BCUT2D eigenvalue weighted by atomic mass is 16.6. The van der Waals surface area contributed by atoms with Gasteiger partial charge in [0.2, 0.25) is 0 Å². The molecule has 1 aromatic carbocycles. The number of hydrogen-bond donors (Lipinski definition) is 1. The van der Waals surface area contributed by atoms with Gasteiger partial charge >= 0.3 is 12.1 Å². The number of rotatable bonds is 15. The molecule has 4 rings (SSSR count). The highest BCUT2D eigenvalue weighted by molar-refractivity contribution is 5.95. The van der Waals surface area contributed by atoms with Crippen LogP contribution >= 0.6 is 0 Å². The number of urea groups is 1. The Labute approximate surface area is 286 Å². The third-order valence-electron chi connectivity index (χ3n) is 9.27. The van der Waals surface area contributed by atoms with Crippen molar-refractivity contribution in [1.82, 2.24) is 20.0 Å². The molecule has 1 N–H and O–H groups in total. The number of carbonyl (C=O) groups is 3. The topological polar surface area (TPSA) is 119 Å². The van der Waals surface area contributed by atoms with Crippen LogP contribution in [0.4, 0.5) is 9.59 Å². The lowest BCUT2D eigenvalue weighted by atomic mass is 9.94. The van der Waals surface area contributed by atoms with Gasteiger partial charge in [-0.15, -0.1) is 0 Å². The first-order valence-corrected chi connectivity index (χ1v) is 17.6. The van der Waals surface area contributed by atoms with Crippen molar-refractivity contribution in [1.29, 1.82) is 0 Å². The minimum absolute atomic E-state index is 0.0310. The molecule has 0 radical (unpaired) electrons. The van der Waals surface area contributed by atoms with Crippen LogP contribution < -0.4 is 14.8 Å². The molecule has 4 amide bonds. The highest BCUT2D eigenvalue weighted by Gasteiger charge is 2.43. The van der Waals surface area contributed by atoms with Gasteiger partial charge in [0.1, 0.15) is 5.60 Å². The third kappa shape index (κ3) is 10.9. The zero-order chi connectivity index (χ0) is 34.8. The summed E-state index contributed by atoms with van der Waals surface area (Å²) in [4.78, 5) is 46.5. The molecule has 0 bridgehead atoms. The smallest absolute Gasteiger partial charge is 0.410 e. The van der Waals surface area contributed by atoms with Crippen LogP contribution in [0.15, 0.2) is 18.2 Å². The van der Waals surface area contributed by atoms with Crippen LogP contribution in [0.1, 0.15) is 77.1 Å². The Morgan fingerprint density at radius 2 is 1.67 bits per heavy atom. The Morgan fingerprint density at radius 1 is 0.979 bits per heavy atom. The highest BCUT2D eigenvalue weighted by Crippen LogP contribution is 2.34.